The maximum atomic E-state index is 11.4. The van der Waals surface area contributed by atoms with Crippen molar-refractivity contribution in [2.75, 3.05) is 6.61 Å². The van der Waals surface area contributed by atoms with Crippen LogP contribution in [0.4, 0.5) is 0 Å². The Balaban J connectivity index is 2.73. The second-order valence-corrected chi connectivity index (χ2v) is 4.83. The average molecular weight is 306 g/mol. The van der Waals surface area contributed by atoms with Crippen molar-refractivity contribution in [2.45, 2.75) is 25.6 Å². The molecule has 1 unspecified atom stereocenters. The highest BCUT2D eigenvalue weighted by Gasteiger charge is 2.18. The number of benzene rings is 1. The van der Waals surface area contributed by atoms with Gasteiger partial charge in [-0.15, -0.1) is 11.6 Å². The maximum Gasteiger partial charge on any atom is 0.324 e. The molecule has 4 heteroatoms. The topological polar surface area (TPSA) is 26.3 Å². The number of halogens is 2. The Morgan fingerprint density at radius 3 is 2.88 bits per heavy atom. The van der Waals surface area contributed by atoms with E-state index in [2.05, 4.69) is 15.9 Å². The first kappa shape index (κ1) is 13.5. The van der Waals surface area contributed by atoms with E-state index in [9.17, 15) is 4.79 Å². The van der Waals surface area contributed by atoms with Gasteiger partial charge in [-0.05, 0) is 37.5 Å². The van der Waals surface area contributed by atoms with E-state index in [1.165, 1.54) is 0 Å². The molecule has 0 fully saturated rings. The van der Waals surface area contributed by atoms with Gasteiger partial charge in [-0.2, -0.15) is 0 Å². The van der Waals surface area contributed by atoms with Gasteiger partial charge in [0.25, 0.3) is 0 Å². The molecule has 1 atom stereocenters. The van der Waals surface area contributed by atoms with Crippen LogP contribution in [-0.4, -0.2) is 18.0 Å². The normalized spacial score (nSPS) is 12.2. The highest BCUT2D eigenvalue weighted by atomic mass is 79.9. The number of carbonyl (C=O) groups excluding carboxylic acids is 1. The molecule has 0 N–H and O–H groups in total. The van der Waals surface area contributed by atoms with Crippen LogP contribution in [0, 0.1) is 6.92 Å². The zero-order valence-electron chi connectivity index (χ0n) is 9.30. The summed E-state index contributed by atoms with van der Waals surface area (Å²) in [6, 6.07) is 5.86. The van der Waals surface area contributed by atoms with Crippen molar-refractivity contribution in [3.8, 4) is 0 Å². The monoisotopic (exact) mass is 304 g/mol. The van der Waals surface area contributed by atoms with Gasteiger partial charge < -0.3 is 4.74 Å². The molecule has 0 aliphatic carbocycles. The predicted octanol–water partition coefficient (Wildman–Crippen LogP) is 3.47. The van der Waals surface area contributed by atoms with Gasteiger partial charge in [-0.1, -0.05) is 28.1 Å². The third-order valence-corrected chi connectivity index (χ3v) is 3.51. The minimum absolute atomic E-state index is 0.358. The van der Waals surface area contributed by atoms with Crippen molar-refractivity contribution in [2.24, 2.45) is 0 Å². The van der Waals surface area contributed by atoms with Gasteiger partial charge in [-0.3, -0.25) is 4.79 Å². The predicted molar refractivity (Wildman–Crippen MR) is 68.9 cm³/mol. The number of alkyl halides is 1. The van der Waals surface area contributed by atoms with Gasteiger partial charge in [0.1, 0.15) is 5.38 Å². The van der Waals surface area contributed by atoms with Crippen LogP contribution in [0.1, 0.15) is 18.1 Å². The summed E-state index contributed by atoms with van der Waals surface area (Å²) in [6.07, 6.45) is 0.492. The zero-order chi connectivity index (χ0) is 12.1. The molecule has 0 heterocycles. The first-order chi connectivity index (χ1) is 7.56. The summed E-state index contributed by atoms with van der Waals surface area (Å²) in [7, 11) is 0. The lowest BCUT2D eigenvalue weighted by atomic mass is 10.0. The van der Waals surface area contributed by atoms with E-state index in [0.717, 1.165) is 15.6 Å². The van der Waals surface area contributed by atoms with E-state index in [-0.39, 0.29) is 5.97 Å². The van der Waals surface area contributed by atoms with Crippen molar-refractivity contribution in [1.82, 2.24) is 0 Å². The largest absolute Gasteiger partial charge is 0.465 e. The highest BCUT2D eigenvalue weighted by molar-refractivity contribution is 9.10. The van der Waals surface area contributed by atoms with E-state index in [4.69, 9.17) is 16.3 Å². The Bertz CT molecular complexity index is 379. The standard InChI is InChI=1S/C12H14BrClO2/c1-3-16-12(15)11(14)7-9-5-4-6-10(13)8(9)2/h4-6,11H,3,7H2,1-2H3. The van der Waals surface area contributed by atoms with Gasteiger partial charge in [0.15, 0.2) is 0 Å². The zero-order valence-corrected chi connectivity index (χ0v) is 11.6. The molecule has 2 nitrogen and oxygen atoms in total. The fraction of sp³-hybridized carbons (Fsp3) is 0.417. The van der Waals surface area contributed by atoms with E-state index >= 15 is 0 Å². The maximum absolute atomic E-state index is 11.4. The van der Waals surface area contributed by atoms with Crippen LogP contribution in [0.2, 0.25) is 0 Å². The molecular weight excluding hydrogens is 291 g/mol. The lowest BCUT2D eigenvalue weighted by Gasteiger charge is -2.11. The number of ether oxygens (including phenoxy) is 1. The third-order valence-electron chi connectivity index (χ3n) is 2.32. The number of hydrogen-bond acceptors (Lipinski definition) is 2. The molecular formula is C12H14BrClO2. The SMILES string of the molecule is CCOC(=O)C(Cl)Cc1cccc(Br)c1C. The average Bonchev–Trinajstić information content (AvgIpc) is 2.25. The van der Waals surface area contributed by atoms with E-state index in [0.29, 0.717) is 13.0 Å². The molecule has 0 saturated carbocycles. The Labute approximate surface area is 109 Å². The van der Waals surface area contributed by atoms with Crippen LogP contribution in [0.5, 0.6) is 0 Å². The lowest BCUT2D eigenvalue weighted by Crippen LogP contribution is -2.20. The van der Waals surface area contributed by atoms with Crippen LogP contribution < -0.4 is 0 Å². The molecule has 88 valence electrons. The van der Waals surface area contributed by atoms with Crippen LogP contribution in [0.25, 0.3) is 0 Å². The minimum Gasteiger partial charge on any atom is -0.465 e. The van der Waals surface area contributed by atoms with Gasteiger partial charge in [0.2, 0.25) is 0 Å². The van der Waals surface area contributed by atoms with E-state index < -0.39 is 5.38 Å². The van der Waals surface area contributed by atoms with E-state index in [1.54, 1.807) is 6.92 Å². The first-order valence-electron chi connectivity index (χ1n) is 5.11. The lowest BCUT2D eigenvalue weighted by molar-refractivity contribution is -0.142. The Morgan fingerprint density at radius 1 is 1.56 bits per heavy atom. The first-order valence-corrected chi connectivity index (χ1v) is 6.34. The van der Waals surface area contributed by atoms with Gasteiger partial charge in [-0.25, -0.2) is 0 Å². The van der Waals surface area contributed by atoms with Crippen molar-refractivity contribution in [3.63, 3.8) is 0 Å². The molecule has 1 rings (SSSR count). The smallest absolute Gasteiger partial charge is 0.324 e. The number of rotatable bonds is 4. The van der Waals surface area contributed by atoms with Crippen LogP contribution in [0.15, 0.2) is 22.7 Å². The molecule has 0 aromatic heterocycles. The fourth-order valence-electron chi connectivity index (χ4n) is 1.38. The molecule has 1 aromatic carbocycles. The minimum atomic E-state index is -0.618. The number of carbonyl (C=O) groups is 1. The van der Waals surface area contributed by atoms with Crippen molar-refractivity contribution in [3.05, 3.63) is 33.8 Å². The summed E-state index contributed by atoms with van der Waals surface area (Å²) >= 11 is 9.42. The fourth-order valence-corrected chi connectivity index (χ4v) is 2.02. The van der Waals surface area contributed by atoms with Crippen molar-refractivity contribution >= 4 is 33.5 Å². The summed E-state index contributed by atoms with van der Waals surface area (Å²) in [5.74, 6) is -0.358. The summed E-state index contributed by atoms with van der Waals surface area (Å²) in [6.45, 7) is 4.12. The molecule has 0 aliphatic heterocycles. The molecule has 0 amide bonds. The molecule has 0 spiro atoms. The Morgan fingerprint density at radius 2 is 2.25 bits per heavy atom. The van der Waals surface area contributed by atoms with Crippen molar-refractivity contribution in [1.29, 1.82) is 0 Å². The molecule has 16 heavy (non-hydrogen) atoms. The summed E-state index contributed by atoms with van der Waals surface area (Å²) in [4.78, 5) is 11.4. The van der Waals surface area contributed by atoms with Gasteiger partial charge in [0.05, 0.1) is 6.61 Å². The van der Waals surface area contributed by atoms with Crippen LogP contribution >= 0.6 is 27.5 Å². The van der Waals surface area contributed by atoms with Gasteiger partial charge in [0, 0.05) is 4.47 Å². The highest BCUT2D eigenvalue weighted by Crippen LogP contribution is 2.21. The molecule has 1 aromatic rings. The number of hydrogen-bond donors (Lipinski definition) is 0. The molecule has 0 saturated heterocycles. The molecule has 0 bridgehead atoms. The third kappa shape index (κ3) is 3.49. The second kappa shape index (κ2) is 6.26. The molecule has 0 aliphatic rings. The van der Waals surface area contributed by atoms with Crippen LogP contribution in [0.3, 0.4) is 0 Å². The van der Waals surface area contributed by atoms with Gasteiger partial charge >= 0.3 is 5.97 Å². The second-order valence-electron chi connectivity index (χ2n) is 3.45. The summed E-state index contributed by atoms with van der Waals surface area (Å²) < 4.78 is 5.89. The summed E-state index contributed by atoms with van der Waals surface area (Å²) in [5, 5.41) is -0.618. The van der Waals surface area contributed by atoms with Crippen molar-refractivity contribution < 1.29 is 9.53 Å². The molecule has 0 radical (unpaired) electrons. The van der Waals surface area contributed by atoms with E-state index in [1.807, 2.05) is 25.1 Å². The van der Waals surface area contributed by atoms with Crippen LogP contribution in [-0.2, 0) is 16.0 Å². The quantitative estimate of drug-likeness (QED) is 0.629. The Hall–Kier alpha value is -0.540. The Kier molecular flexibility index (Phi) is 5.29. The number of esters is 1. The summed E-state index contributed by atoms with van der Waals surface area (Å²) in [5.41, 5.74) is 2.17.